The maximum atomic E-state index is 10.7. The second-order valence-corrected chi connectivity index (χ2v) is 6.56. The van der Waals surface area contributed by atoms with Crippen molar-refractivity contribution in [2.24, 2.45) is 0 Å². The van der Waals surface area contributed by atoms with Gasteiger partial charge in [-0.25, -0.2) is 19.9 Å². The monoisotopic (exact) mass is 420 g/mol. The minimum atomic E-state index is -0.492. The van der Waals surface area contributed by atoms with Crippen LogP contribution in [0.25, 0.3) is 22.6 Å². The lowest BCUT2D eigenvalue weighted by molar-refractivity contribution is -0.385. The average Bonchev–Trinajstić information content (AvgIpc) is 3.29. The van der Waals surface area contributed by atoms with E-state index in [-0.39, 0.29) is 5.69 Å². The van der Waals surface area contributed by atoms with Crippen LogP contribution in [0.1, 0.15) is 5.82 Å². The molecule has 4 aromatic rings. The normalized spacial score (nSPS) is 10.7. The van der Waals surface area contributed by atoms with Crippen molar-refractivity contribution in [3.63, 3.8) is 0 Å². The van der Waals surface area contributed by atoms with Gasteiger partial charge in [-0.2, -0.15) is 0 Å². The number of anilines is 1. The number of pyridine rings is 1. The lowest BCUT2D eigenvalue weighted by Crippen LogP contribution is -2.08. The van der Waals surface area contributed by atoms with Crippen molar-refractivity contribution in [2.75, 3.05) is 11.9 Å². The largest absolute Gasteiger partial charge is 0.369 e. The molecule has 4 rings (SSSR count). The molecule has 0 fully saturated rings. The third-order valence-electron chi connectivity index (χ3n) is 4.22. The molecule has 0 spiro atoms. The van der Waals surface area contributed by atoms with Gasteiger partial charge in [0.15, 0.2) is 0 Å². The van der Waals surface area contributed by atoms with Crippen LogP contribution in [0.5, 0.6) is 0 Å². The van der Waals surface area contributed by atoms with Crippen molar-refractivity contribution in [3.05, 3.63) is 88.6 Å². The Kier molecular flexibility index (Phi) is 5.62. The molecule has 9 nitrogen and oxygen atoms in total. The first-order valence-corrected chi connectivity index (χ1v) is 9.29. The van der Waals surface area contributed by atoms with Crippen LogP contribution in [0, 0.1) is 16.5 Å². The van der Waals surface area contributed by atoms with Gasteiger partial charge in [0.05, 0.1) is 16.2 Å². The Balaban J connectivity index is 1.55. The molecule has 0 unspecified atom stereocenters. The third kappa shape index (κ3) is 4.26. The van der Waals surface area contributed by atoms with Crippen LogP contribution in [0.3, 0.4) is 0 Å². The summed E-state index contributed by atoms with van der Waals surface area (Å²) in [6, 6.07) is 10.4. The highest BCUT2D eigenvalue weighted by atomic mass is 35.5. The topological polar surface area (TPSA) is 123 Å². The lowest BCUT2D eigenvalue weighted by atomic mass is 10.1. The standard InChI is InChI=1S/C20H15ClN7O2/c21-16-4-2-1-3-14(16)19-15(20-23-9-10-24-20)12-26-18(27-19)7-8-22-17-6-5-13(11-25-17)28(29)30/h1-7,9-12H,8H2,(H,22,25)(H,23,24). The second-order valence-electron chi connectivity index (χ2n) is 6.15. The molecular formula is C20H15ClN7O2. The number of rotatable bonds is 7. The molecule has 1 aromatic carbocycles. The van der Waals surface area contributed by atoms with Gasteiger partial charge < -0.3 is 10.3 Å². The zero-order chi connectivity index (χ0) is 20.9. The number of benzene rings is 1. The molecule has 0 aliphatic rings. The lowest BCUT2D eigenvalue weighted by Gasteiger charge is -2.11. The first kappa shape index (κ1) is 19.5. The van der Waals surface area contributed by atoms with E-state index in [9.17, 15) is 10.1 Å². The first-order chi connectivity index (χ1) is 14.6. The van der Waals surface area contributed by atoms with Gasteiger partial charge in [-0.1, -0.05) is 29.8 Å². The number of halogens is 1. The van der Waals surface area contributed by atoms with Crippen LogP contribution in [-0.2, 0) is 0 Å². The van der Waals surface area contributed by atoms with Gasteiger partial charge in [-0.05, 0) is 12.1 Å². The number of nitrogens with one attached hydrogen (secondary N) is 2. The molecule has 0 aliphatic carbocycles. The highest BCUT2D eigenvalue weighted by Gasteiger charge is 2.15. The summed E-state index contributed by atoms with van der Waals surface area (Å²) in [7, 11) is 0. The van der Waals surface area contributed by atoms with Gasteiger partial charge in [0.2, 0.25) is 0 Å². The van der Waals surface area contributed by atoms with Gasteiger partial charge in [-0.15, -0.1) is 0 Å². The molecule has 3 aromatic heterocycles. The van der Waals surface area contributed by atoms with Gasteiger partial charge in [-0.3, -0.25) is 10.1 Å². The Hall–Kier alpha value is -3.85. The fourth-order valence-corrected chi connectivity index (χ4v) is 3.01. The predicted molar refractivity (Wildman–Crippen MR) is 113 cm³/mol. The molecule has 0 bridgehead atoms. The van der Waals surface area contributed by atoms with E-state index in [1.54, 1.807) is 37.1 Å². The third-order valence-corrected chi connectivity index (χ3v) is 4.55. The van der Waals surface area contributed by atoms with Crippen molar-refractivity contribution in [2.45, 2.75) is 0 Å². The zero-order valence-electron chi connectivity index (χ0n) is 15.5. The van der Waals surface area contributed by atoms with Gasteiger partial charge in [0.25, 0.3) is 5.69 Å². The van der Waals surface area contributed by atoms with E-state index in [4.69, 9.17) is 11.6 Å². The summed E-state index contributed by atoms with van der Waals surface area (Å²) in [5.41, 5.74) is 2.10. The minimum absolute atomic E-state index is 0.0641. The number of aromatic nitrogens is 5. The fraction of sp³-hybridized carbons (Fsp3) is 0.0500. The van der Waals surface area contributed by atoms with E-state index in [1.807, 2.05) is 18.2 Å². The Labute approximate surface area is 176 Å². The number of aromatic amines is 1. The SMILES string of the molecule is O=[N+]([O-])c1ccc(NC[CH]c2ncc(-c3ncc[nH]3)c(-c3ccccc3Cl)n2)nc1. The molecule has 0 aliphatic heterocycles. The molecule has 0 saturated heterocycles. The summed E-state index contributed by atoms with van der Waals surface area (Å²) in [6.07, 6.45) is 8.07. The Morgan fingerprint density at radius 2 is 1.97 bits per heavy atom. The smallest absolute Gasteiger partial charge is 0.287 e. The summed E-state index contributed by atoms with van der Waals surface area (Å²) in [6.45, 7) is 0.382. The van der Waals surface area contributed by atoms with Crippen LogP contribution in [-0.4, -0.2) is 36.4 Å². The molecular weight excluding hydrogens is 406 g/mol. The number of H-pyrrole nitrogens is 1. The Morgan fingerprint density at radius 3 is 2.67 bits per heavy atom. The Bertz CT molecular complexity index is 1160. The molecule has 0 saturated carbocycles. The van der Waals surface area contributed by atoms with Crippen LogP contribution in [0.2, 0.25) is 5.02 Å². The average molecular weight is 421 g/mol. The number of nitrogens with zero attached hydrogens (tertiary/aromatic N) is 5. The molecule has 1 radical (unpaired) electrons. The molecule has 0 atom stereocenters. The second kappa shape index (κ2) is 8.66. The maximum Gasteiger partial charge on any atom is 0.287 e. The van der Waals surface area contributed by atoms with E-state index in [0.717, 1.165) is 11.1 Å². The highest BCUT2D eigenvalue weighted by molar-refractivity contribution is 6.33. The molecule has 2 N–H and O–H groups in total. The Morgan fingerprint density at radius 1 is 1.10 bits per heavy atom. The molecule has 149 valence electrons. The fourth-order valence-electron chi connectivity index (χ4n) is 2.78. The van der Waals surface area contributed by atoms with E-state index in [1.165, 1.54) is 12.3 Å². The van der Waals surface area contributed by atoms with E-state index in [0.29, 0.717) is 34.7 Å². The van der Waals surface area contributed by atoms with E-state index < -0.39 is 4.92 Å². The van der Waals surface area contributed by atoms with Crippen molar-refractivity contribution in [1.29, 1.82) is 0 Å². The van der Waals surface area contributed by atoms with Gasteiger partial charge in [0.1, 0.15) is 23.7 Å². The predicted octanol–water partition coefficient (Wildman–Crippen LogP) is 4.15. The summed E-state index contributed by atoms with van der Waals surface area (Å²) < 4.78 is 0. The van der Waals surface area contributed by atoms with Crippen LogP contribution in [0.4, 0.5) is 11.5 Å². The summed E-state index contributed by atoms with van der Waals surface area (Å²) in [4.78, 5) is 30.7. The van der Waals surface area contributed by atoms with E-state index in [2.05, 4.69) is 30.2 Å². The number of nitro groups is 1. The highest BCUT2D eigenvalue weighted by Crippen LogP contribution is 2.32. The van der Waals surface area contributed by atoms with Crippen LogP contribution in [0.15, 0.2) is 61.2 Å². The minimum Gasteiger partial charge on any atom is -0.369 e. The maximum absolute atomic E-state index is 10.7. The molecule has 0 amide bonds. The number of hydrogen-bond donors (Lipinski definition) is 2. The molecule has 10 heteroatoms. The number of imidazole rings is 1. The van der Waals surface area contributed by atoms with Gasteiger partial charge in [0, 0.05) is 48.2 Å². The van der Waals surface area contributed by atoms with Crippen molar-refractivity contribution in [1.82, 2.24) is 24.9 Å². The first-order valence-electron chi connectivity index (χ1n) is 8.91. The molecule has 30 heavy (non-hydrogen) atoms. The van der Waals surface area contributed by atoms with Crippen LogP contribution < -0.4 is 5.32 Å². The summed E-state index contributed by atoms with van der Waals surface area (Å²) in [5, 5.41) is 14.3. The van der Waals surface area contributed by atoms with Gasteiger partial charge >= 0.3 is 0 Å². The van der Waals surface area contributed by atoms with E-state index >= 15 is 0 Å². The van der Waals surface area contributed by atoms with Crippen LogP contribution >= 0.6 is 11.6 Å². The zero-order valence-corrected chi connectivity index (χ0v) is 16.2. The summed E-state index contributed by atoms with van der Waals surface area (Å²) in [5.74, 6) is 1.65. The van der Waals surface area contributed by atoms with Crippen molar-refractivity contribution in [3.8, 4) is 22.6 Å². The van der Waals surface area contributed by atoms with Crippen molar-refractivity contribution >= 4 is 23.1 Å². The quantitative estimate of drug-likeness (QED) is 0.340. The summed E-state index contributed by atoms with van der Waals surface area (Å²) >= 11 is 6.39. The van der Waals surface area contributed by atoms with Crippen molar-refractivity contribution < 1.29 is 4.92 Å². The number of hydrogen-bond acceptors (Lipinski definition) is 7. The molecule has 3 heterocycles.